The molecule has 1 aliphatic rings. The molecule has 0 bridgehead atoms. The van der Waals surface area contributed by atoms with E-state index >= 15 is 0 Å². The summed E-state index contributed by atoms with van der Waals surface area (Å²) in [7, 11) is -3.80. The van der Waals surface area contributed by atoms with E-state index in [1.54, 1.807) is 28.5 Å². The Balaban J connectivity index is 1.51. The van der Waals surface area contributed by atoms with E-state index in [0.29, 0.717) is 29.4 Å². The molecule has 11 heteroatoms. The number of amides is 1. The van der Waals surface area contributed by atoms with Gasteiger partial charge in [0.1, 0.15) is 4.21 Å². The number of likely N-dealkylation sites (tertiary alicyclic amines) is 1. The van der Waals surface area contributed by atoms with Crippen molar-refractivity contribution < 1.29 is 17.6 Å². The van der Waals surface area contributed by atoms with Crippen LogP contribution in [-0.4, -0.2) is 42.5 Å². The smallest absolute Gasteiger partial charge is 0.311 e. The number of benzene rings is 1. The predicted octanol–water partition coefficient (Wildman–Crippen LogP) is 3.88. The van der Waals surface area contributed by atoms with Gasteiger partial charge >= 0.3 is 11.8 Å². The fourth-order valence-electron chi connectivity index (χ4n) is 2.99. The Morgan fingerprint density at radius 3 is 2.72 bits per heavy atom. The summed E-state index contributed by atoms with van der Waals surface area (Å²) in [6.07, 6.45) is 3.02. The molecule has 29 heavy (non-hydrogen) atoms. The van der Waals surface area contributed by atoms with Gasteiger partial charge in [-0.3, -0.25) is 9.52 Å². The van der Waals surface area contributed by atoms with Gasteiger partial charge in [0.15, 0.2) is 0 Å². The van der Waals surface area contributed by atoms with Gasteiger partial charge in [-0.15, -0.1) is 21.5 Å². The molecule has 4 rings (SSSR count). The van der Waals surface area contributed by atoms with Gasteiger partial charge < -0.3 is 9.32 Å². The van der Waals surface area contributed by atoms with Crippen LogP contribution in [0.2, 0.25) is 5.02 Å². The Hall–Kier alpha value is -2.43. The first kappa shape index (κ1) is 19.9. The average molecular weight is 453 g/mol. The summed E-state index contributed by atoms with van der Waals surface area (Å²) in [5.74, 6) is -0.283. The molecule has 1 aliphatic heterocycles. The molecule has 1 aromatic carbocycles. The average Bonchev–Trinajstić information content (AvgIpc) is 3.38. The van der Waals surface area contributed by atoms with Crippen molar-refractivity contribution in [2.45, 2.75) is 23.5 Å². The SMILES string of the molecule is O=C(c1nnc(-c2csc(S(=O)(=O)Nc3cccc(Cl)c3)c2)o1)N1CCCCC1. The van der Waals surface area contributed by atoms with Gasteiger partial charge in [0, 0.05) is 23.5 Å². The van der Waals surface area contributed by atoms with Crippen LogP contribution in [0.3, 0.4) is 0 Å². The number of piperidine rings is 1. The third kappa shape index (κ3) is 4.44. The zero-order valence-electron chi connectivity index (χ0n) is 15.2. The van der Waals surface area contributed by atoms with Crippen molar-refractivity contribution in [3.63, 3.8) is 0 Å². The Morgan fingerprint density at radius 1 is 1.17 bits per heavy atom. The number of anilines is 1. The van der Waals surface area contributed by atoms with Crippen molar-refractivity contribution >= 4 is 44.6 Å². The number of aromatic nitrogens is 2. The van der Waals surface area contributed by atoms with Gasteiger partial charge in [-0.1, -0.05) is 17.7 Å². The highest BCUT2D eigenvalue weighted by atomic mass is 35.5. The second-order valence-electron chi connectivity index (χ2n) is 6.54. The van der Waals surface area contributed by atoms with Crippen LogP contribution in [0.4, 0.5) is 5.69 Å². The van der Waals surface area contributed by atoms with Gasteiger partial charge in [0.05, 0.1) is 11.3 Å². The minimum atomic E-state index is -3.80. The van der Waals surface area contributed by atoms with E-state index in [4.69, 9.17) is 16.0 Å². The van der Waals surface area contributed by atoms with Crippen LogP contribution in [-0.2, 0) is 10.0 Å². The van der Waals surface area contributed by atoms with Crippen molar-refractivity contribution in [3.05, 3.63) is 46.6 Å². The molecule has 1 fully saturated rings. The van der Waals surface area contributed by atoms with Gasteiger partial charge in [-0.2, -0.15) is 0 Å². The van der Waals surface area contributed by atoms with Crippen LogP contribution in [0.15, 0.2) is 44.3 Å². The molecule has 0 spiro atoms. The standard InChI is InChI=1S/C18H17ClN4O4S2/c19-13-5-4-6-14(10-13)22-29(25,26)15-9-12(11-28-15)16-20-21-17(27-16)18(24)23-7-2-1-3-8-23/h4-6,9-11,22H,1-3,7-8H2. The van der Waals surface area contributed by atoms with E-state index in [2.05, 4.69) is 14.9 Å². The second kappa shape index (κ2) is 8.13. The Bertz CT molecular complexity index is 1140. The number of hydrogen-bond acceptors (Lipinski definition) is 7. The van der Waals surface area contributed by atoms with Crippen LogP contribution in [0.5, 0.6) is 0 Å². The van der Waals surface area contributed by atoms with Crippen molar-refractivity contribution in [3.8, 4) is 11.5 Å². The number of thiophene rings is 1. The Labute approximate surface area is 176 Å². The number of halogens is 1. The Morgan fingerprint density at radius 2 is 1.97 bits per heavy atom. The maximum Gasteiger partial charge on any atom is 0.311 e. The first-order valence-electron chi connectivity index (χ1n) is 8.92. The van der Waals surface area contributed by atoms with Gasteiger partial charge in [-0.05, 0) is 43.5 Å². The minimum Gasteiger partial charge on any atom is -0.412 e. The minimum absolute atomic E-state index is 0.0783. The Kier molecular flexibility index (Phi) is 5.57. The van der Waals surface area contributed by atoms with Crippen molar-refractivity contribution in [2.75, 3.05) is 17.8 Å². The van der Waals surface area contributed by atoms with E-state index in [9.17, 15) is 13.2 Å². The first-order valence-corrected chi connectivity index (χ1v) is 11.7. The number of rotatable bonds is 5. The summed E-state index contributed by atoms with van der Waals surface area (Å²) in [5, 5.41) is 9.75. The summed E-state index contributed by atoms with van der Waals surface area (Å²) in [6.45, 7) is 1.35. The van der Waals surface area contributed by atoms with Crippen molar-refractivity contribution in [1.82, 2.24) is 15.1 Å². The summed E-state index contributed by atoms with van der Waals surface area (Å²) >= 11 is 6.91. The third-order valence-corrected chi connectivity index (χ3v) is 7.47. The molecule has 1 saturated heterocycles. The number of nitrogens with one attached hydrogen (secondary N) is 1. The van der Waals surface area contributed by atoms with Crippen LogP contribution >= 0.6 is 22.9 Å². The molecule has 0 radical (unpaired) electrons. The lowest BCUT2D eigenvalue weighted by Gasteiger charge is -2.24. The van der Waals surface area contributed by atoms with Crippen LogP contribution < -0.4 is 4.72 Å². The van der Waals surface area contributed by atoms with Gasteiger partial charge in [0.2, 0.25) is 5.89 Å². The van der Waals surface area contributed by atoms with E-state index in [0.717, 1.165) is 30.6 Å². The van der Waals surface area contributed by atoms with Gasteiger partial charge in [-0.25, -0.2) is 8.42 Å². The maximum absolute atomic E-state index is 12.6. The molecule has 1 amide bonds. The highest BCUT2D eigenvalue weighted by Gasteiger charge is 2.25. The fraction of sp³-hybridized carbons (Fsp3) is 0.278. The zero-order chi connectivity index (χ0) is 20.4. The number of sulfonamides is 1. The third-order valence-electron chi connectivity index (χ3n) is 4.42. The highest BCUT2D eigenvalue weighted by Crippen LogP contribution is 2.29. The van der Waals surface area contributed by atoms with Crippen molar-refractivity contribution in [1.29, 1.82) is 0 Å². The second-order valence-corrected chi connectivity index (χ2v) is 9.79. The quantitative estimate of drug-likeness (QED) is 0.629. The maximum atomic E-state index is 12.6. The van der Waals surface area contributed by atoms with E-state index in [1.807, 2.05) is 0 Å². The summed E-state index contributed by atoms with van der Waals surface area (Å²) in [5.41, 5.74) is 0.798. The normalized spacial score (nSPS) is 14.7. The molecular formula is C18H17ClN4O4S2. The first-order chi connectivity index (χ1) is 13.9. The predicted molar refractivity (Wildman–Crippen MR) is 110 cm³/mol. The largest absolute Gasteiger partial charge is 0.412 e. The van der Waals surface area contributed by atoms with Crippen molar-refractivity contribution in [2.24, 2.45) is 0 Å². The van der Waals surface area contributed by atoms with Crippen LogP contribution in [0, 0.1) is 0 Å². The molecular weight excluding hydrogens is 436 g/mol. The molecule has 0 unspecified atom stereocenters. The number of carbonyl (C=O) groups excluding carboxylic acids is 1. The molecule has 0 saturated carbocycles. The fourth-order valence-corrected chi connectivity index (χ4v) is 5.38. The molecule has 8 nitrogen and oxygen atoms in total. The zero-order valence-corrected chi connectivity index (χ0v) is 17.6. The molecule has 3 heterocycles. The van der Waals surface area contributed by atoms with E-state index < -0.39 is 10.0 Å². The molecule has 0 atom stereocenters. The molecule has 152 valence electrons. The summed E-state index contributed by atoms with van der Waals surface area (Å²) < 4.78 is 33.3. The lowest BCUT2D eigenvalue weighted by Crippen LogP contribution is -2.35. The lowest BCUT2D eigenvalue weighted by atomic mass is 10.1. The molecule has 3 aromatic rings. The van der Waals surface area contributed by atoms with E-state index in [1.165, 1.54) is 12.1 Å². The number of hydrogen-bond donors (Lipinski definition) is 1. The monoisotopic (exact) mass is 452 g/mol. The van der Waals surface area contributed by atoms with Crippen LogP contribution in [0.25, 0.3) is 11.5 Å². The van der Waals surface area contributed by atoms with Gasteiger partial charge in [0.25, 0.3) is 10.0 Å². The molecule has 1 N–H and O–H groups in total. The summed E-state index contributed by atoms with van der Waals surface area (Å²) in [4.78, 5) is 14.1. The topological polar surface area (TPSA) is 105 Å². The van der Waals surface area contributed by atoms with Crippen LogP contribution in [0.1, 0.15) is 29.9 Å². The number of carbonyl (C=O) groups is 1. The molecule has 2 aromatic heterocycles. The number of nitrogens with zero attached hydrogens (tertiary/aromatic N) is 3. The van der Waals surface area contributed by atoms with E-state index in [-0.39, 0.29) is 21.9 Å². The highest BCUT2D eigenvalue weighted by molar-refractivity contribution is 7.94. The lowest BCUT2D eigenvalue weighted by molar-refractivity contribution is 0.0684. The summed E-state index contributed by atoms with van der Waals surface area (Å²) in [6, 6.07) is 7.86. The molecule has 0 aliphatic carbocycles.